The van der Waals surface area contributed by atoms with Gasteiger partial charge in [0.05, 0.1) is 4.88 Å². The minimum Gasteiger partial charge on any atom is -0.444 e. The van der Waals surface area contributed by atoms with Gasteiger partial charge >= 0.3 is 6.09 Å². The Labute approximate surface area is 192 Å². The molecule has 0 bridgehead atoms. The Morgan fingerprint density at radius 2 is 1.87 bits per heavy atom. The van der Waals surface area contributed by atoms with Crippen molar-refractivity contribution in [2.45, 2.75) is 57.6 Å². The van der Waals surface area contributed by atoms with E-state index in [-0.39, 0.29) is 6.09 Å². The number of amides is 1. The van der Waals surface area contributed by atoms with Crippen molar-refractivity contribution in [3.8, 4) is 0 Å². The van der Waals surface area contributed by atoms with Gasteiger partial charge in [-0.15, -0.1) is 11.3 Å². The number of rotatable bonds is 3. The van der Waals surface area contributed by atoms with E-state index in [4.69, 9.17) is 14.7 Å². The Bertz CT molecular complexity index is 981. The molecule has 164 valence electrons. The van der Waals surface area contributed by atoms with Crippen molar-refractivity contribution in [1.29, 1.82) is 0 Å². The molecule has 1 saturated heterocycles. The highest BCUT2D eigenvalue weighted by atomic mass is 32.2. The molecule has 7 heteroatoms. The number of aliphatic imine (C=N–C) groups is 2. The Morgan fingerprint density at radius 3 is 2.48 bits per heavy atom. The Balaban J connectivity index is 1.49. The van der Waals surface area contributed by atoms with Crippen LogP contribution in [0, 0.1) is 6.92 Å². The van der Waals surface area contributed by atoms with Crippen molar-refractivity contribution in [2.75, 3.05) is 13.1 Å². The molecule has 2 aliphatic rings. The second kappa shape index (κ2) is 8.79. The SMILES string of the molecule is Cc1ccc(CSC2=NC3(CCN(C(=O)OC(C)(C)C)CC3)N=C2c2cccs2)cc1. The summed E-state index contributed by atoms with van der Waals surface area (Å²) in [5.41, 5.74) is 2.60. The first-order valence-electron chi connectivity index (χ1n) is 10.6. The van der Waals surface area contributed by atoms with Gasteiger partial charge in [0.2, 0.25) is 0 Å². The summed E-state index contributed by atoms with van der Waals surface area (Å²) in [5, 5.41) is 3.09. The van der Waals surface area contributed by atoms with Gasteiger partial charge in [-0.2, -0.15) is 0 Å². The summed E-state index contributed by atoms with van der Waals surface area (Å²) < 4.78 is 5.54. The van der Waals surface area contributed by atoms with Gasteiger partial charge in [0.15, 0.2) is 5.66 Å². The average molecular weight is 456 g/mol. The molecule has 1 aromatic carbocycles. The van der Waals surface area contributed by atoms with Crippen molar-refractivity contribution < 1.29 is 9.53 Å². The summed E-state index contributed by atoms with van der Waals surface area (Å²) in [6.07, 6.45) is 1.19. The van der Waals surface area contributed by atoms with E-state index in [2.05, 4.69) is 48.7 Å². The maximum atomic E-state index is 12.4. The van der Waals surface area contributed by atoms with E-state index in [9.17, 15) is 4.79 Å². The lowest BCUT2D eigenvalue weighted by Gasteiger charge is -2.36. The van der Waals surface area contributed by atoms with Crippen molar-refractivity contribution in [3.63, 3.8) is 0 Å². The fourth-order valence-electron chi connectivity index (χ4n) is 3.63. The summed E-state index contributed by atoms with van der Waals surface area (Å²) in [5.74, 6) is 0.865. The molecule has 1 aromatic heterocycles. The molecular weight excluding hydrogens is 426 g/mol. The monoisotopic (exact) mass is 455 g/mol. The third-order valence-corrected chi connectivity index (χ3v) is 7.21. The molecule has 1 amide bonds. The van der Waals surface area contributed by atoms with Gasteiger partial charge in [-0.3, -0.25) is 4.99 Å². The number of likely N-dealkylation sites (tertiary alicyclic amines) is 1. The van der Waals surface area contributed by atoms with E-state index in [0.29, 0.717) is 13.1 Å². The van der Waals surface area contributed by atoms with E-state index in [0.717, 1.165) is 34.2 Å². The van der Waals surface area contributed by atoms with Crippen LogP contribution in [0.15, 0.2) is 51.8 Å². The van der Waals surface area contributed by atoms with E-state index < -0.39 is 11.3 Å². The zero-order valence-electron chi connectivity index (χ0n) is 18.6. The van der Waals surface area contributed by atoms with Crippen LogP contribution >= 0.6 is 23.1 Å². The normalized spacial score (nSPS) is 18.1. The standard InChI is InChI=1S/C24H29N3O2S2/c1-17-7-9-18(10-8-17)16-31-21-20(19-6-5-15-30-19)25-24(26-21)11-13-27(14-12-24)22(28)29-23(2,3)4/h5-10,15H,11-14,16H2,1-4H3. The first-order valence-corrected chi connectivity index (χ1v) is 12.5. The highest BCUT2D eigenvalue weighted by Gasteiger charge is 2.41. The second-order valence-corrected chi connectivity index (χ2v) is 11.0. The second-order valence-electron chi connectivity index (χ2n) is 9.08. The number of carbonyl (C=O) groups excluding carboxylic acids is 1. The molecule has 0 N–H and O–H groups in total. The molecule has 31 heavy (non-hydrogen) atoms. The summed E-state index contributed by atoms with van der Waals surface area (Å²) >= 11 is 3.45. The molecule has 0 unspecified atom stereocenters. The van der Waals surface area contributed by atoms with Crippen molar-refractivity contribution in [1.82, 2.24) is 4.90 Å². The third kappa shape index (κ3) is 5.39. The number of thiophene rings is 1. The minimum absolute atomic E-state index is 0.249. The number of thioether (sulfide) groups is 1. The van der Waals surface area contributed by atoms with Crippen LogP contribution in [0.4, 0.5) is 4.79 Å². The van der Waals surface area contributed by atoms with Crippen LogP contribution < -0.4 is 0 Å². The van der Waals surface area contributed by atoms with Gasteiger partial charge in [-0.1, -0.05) is 47.7 Å². The largest absolute Gasteiger partial charge is 0.444 e. The number of hydrogen-bond acceptors (Lipinski definition) is 6. The van der Waals surface area contributed by atoms with Crippen molar-refractivity contribution in [3.05, 3.63) is 57.8 Å². The number of aryl methyl sites for hydroxylation is 1. The highest BCUT2D eigenvalue weighted by Crippen LogP contribution is 2.37. The maximum absolute atomic E-state index is 12.4. The van der Waals surface area contributed by atoms with Crippen LogP contribution in [0.5, 0.6) is 0 Å². The summed E-state index contributed by atoms with van der Waals surface area (Å²) in [6.45, 7) is 9.00. The molecule has 0 aliphatic carbocycles. The lowest BCUT2D eigenvalue weighted by atomic mass is 9.99. The Morgan fingerprint density at radius 1 is 1.16 bits per heavy atom. The number of carbonyl (C=O) groups is 1. The van der Waals surface area contributed by atoms with Gasteiger partial charge in [0.25, 0.3) is 0 Å². The van der Waals surface area contributed by atoms with Gasteiger partial charge in [0, 0.05) is 31.7 Å². The lowest BCUT2D eigenvalue weighted by molar-refractivity contribution is 0.0175. The molecule has 3 heterocycles. The molecule has 2 aliphatic heterocycles. The quantitative estimate of drug-likeness (QED) is 0.577. The van der Waals surface area contributed by atoms with E-state index in [1.54, 1.807) is 28.0 Å². The van der Waals surface area contributed by atoms with Crippen LogP contribution in [0.3, 0.4) is 0 Å². The van der Waals surface area contributed by atoms with Crippen LogP contribution in [0.2, 0.25) is 0 Å². The fraction of sp³-hybridized carbons (Fsp3) is 0.458. The predicted octanol–water partition coefficient (Wildman–Crippen LogP) is 5.92. The smallest absolute Gasteiger partial charge is 0.410 e. The van der Waals surface area contributed by atoms with Gasteiger partial charge in [0.1, 0.15) is 16.4 Å². The molecule has 1 spiro atoms. The Kier molecular flexibility index (Phi) is 6.26. The van der Waals surface area contributed by atoms with Gasteiger partial charge in [-0.05, 0) is 44.7 Å². The summed E-state index contributed by atoms with van der Waals surface area (Å²) in [6, 6.07) is 12.8. The molecule has 0 saturated carbocycles. The molecule has 4 rings (SSSR count). The van der Waals surface area contributed by atoms with Crippen LogP contribution in [-0.4, -0.2) is 46.1 Å². The first kappa shape index (κ1) is 22.1. The third-order valence-electron chi connectivity index (χ3n) is 5.30. The zero-order valence-corrected chi connectivity index (χ0v) is 20.2. The number of nitrogens with zero attached hydrogens (tertiary/aromatic N) is 3. The van der Waals surface area contributed by atoms with E-state index in [1.807, 2.05) is 20.8 Å². The van der Waals surface area contributed by atoms with E-state index >= 15 is 0 Å². The molecule has 1 fully saturated rings. The fourth-order valence-corrected chi connectivity index (χ4v) is 5.43. The summed E-state index contributed by atoms with van der Waals surface area (Å²) in [4.78, 5) is 25.6. The van der Waals surface area contributed by atoms with Crippen LogP contribution in [-0.2, 0) is 10.5 Å². The molecule has 2 aromatic rings. The average Bonchev–Trinajstić information content (AvgIpc) is 3.35. The van der Waals surface area contributed by atoms with Gasteiger partial charge < -0.3 is 9.64 Å². The first-order chi connectivity index (χ1) is 14.7. The highest BCUT2D eigenvalue weighted by molar-refractivity contribution is 8.15. The number of hydrogen-bond donors (Lipinski definition) is 0. The maximum Gasteiger partial charge on any atom is 0.410 e. The lowest BCUT2D eigenvalue weighted by Crippen LogP contribution is -2.46. The number of ether oxygens (including phenoxy) is 1. The molecule has 5 nitrogen and oxygen atoms in total. The van der Waals surface area contributed by atoms with Gasteiger partial charge in [-0.25, -0.2) is 9.79 Å². The number of piperidine rings is 1. The number of benzene rings is 1. The molecule has 0 radical (unpaired) electrons. The summed E-state index contributed by atoms with van der Waals surface area (Å²) in [7, 11) is 0. The molecule has 0 atom stereocenters. The van der Waals surface area contributed by atoms with Crippen molar-refractivity contribution >= 4 is 39.9 Å². The minimum atomic E-state index is -0.484. The predicted molar refractivity (Wildman–Crippen MR) is 131 cm³/mol. The zero-order chi connectivity index (χ0) is 22.1. The topological polar surface area (TPSA) is 54.3 Å². The van der Waals surface area contributed by atoms with Crippen LogP contribution in [0.25, 0.3) is 0 Å². The Hall–Kier alpha value is -2.12. The van der Waals surface area contributed by atoms with Crippen molar-refractivity contribution in [2.24, 2.45) is 9.98 Å². The molecular formula is C24H29N3O2S2. The van der Waals surface area contributed by atoms with E-state index in [1.165, 1.54) is 11.1 Å². The van der Waals surface area contributed by atoms with Crippen LogP contribution in [0.1, 0.15) is 49.6 Å².